The van der Waals surface area contributed by atoms with E-state index in [1.165, 1.54) is 0 Å². The van der Waals surface area contributed by atoms with E-state index in [-0.39, 0.29) is 99.4 Å². The second-order valence-corrected chi connectivity index (χ2v) is 0. The van der Waals surface area contributed by atoms with Gasteiger partial charge in [0.2, 0.25) is 0 Å². The molecule has 1 radical (unpaired) electrons. The molecular formula is CaDyF5. The second-order valence-electron chi connectivity index (χ2n) is 0. The Balaban J connectivity index is 0. The van der Waals surface area contributed by atoms with Crippen molar-refractivity contribution >= 4 is 37.7 Å². The summed E-state index contributed by atoms with van der Waals surface area (Å²) >= 11 is 0. The van der Waals surface area contributed by atoms with Crippen LogP contribution in [0.15, 0.2) is 0 Å². The first kappa shape index (κ1) is 129. The molecule has 0 saturated heterocycles. The van der Waals surface area contributed by atoms with Crippen LogP contribution in [0.3, 0.4) is 0 Å². The van der Waals surface area contributed by atoms with Gasteiger partial charge in [0.15, 0.2) is 0 Å². The third-order valence-electron chi connectivity index (χ3n) is 0. The summed E-state index contributed by atoms with van der Waals surface area (Å²) in [5, 5.41) is 0. The molecule has 0 N–H and O–H groups in total. The summed E-state index contributed by atoms with van der Waals surface area (Å²) in [7, 11) is 0. The number of hydrogen-bond donors (Lipinski definition) is 0. The quantitative estimate of drug-likeness (QED) is 0.308. The monoisotopic (exact) mass is 299 g/mol. The van der Waals surface area contributed by atoms with Crippen LogP contribution in [0.4, 0.5) is 0 Å². The molecule has 0 aliphatic rings. The summed E-state index contributed by atoms with van der Waals surface area (Å²) in [5.41, 5.74) is 0. The van der Waals surface area contributed by atoms with Crippen molar-refractivity contribution in [3.05, 3.63) is 0 Å². The summed E-state index contributed by atoms with van der Waals surface area (Å²) in [6.45, 7) is 0. The first-order valence-corrected chi connectivity index (χ1v) is 0. The molecule has 0 unspecified atom stereocenters. The molecule has 0 aromatic rings. The molecule has 47 valence electrons. The van der Waals surface area contributed by atoms with Gasteiger partial charge in [0.05, 0.1) is 0 Å². The van der Waals surface area contributed by atoms with E-state index >= 15 is 0 Å². The van der Waals surface area contributed by atoms with Crippen LogP contribution >= 0.6 is 0 Å². The van der Waals surface area contributed by atoms with E-state index < -0.39 is 0 Å². The van der Waals surface area contributed by atoms with Crippen LogP contribution in [0, 0.1) is 38.2 Å². The largest absolute Gasteiger partial charge is 3.00 e. The molecule has 7 heteroatoms. The minimum Gasteiger partial charge on any atom is -1.00 e. The van der Waals surface area contributed by atoms with Gasteiger partial charge in [0, 0.05) is 0 Å². The normalized spacial score (nSPS) is 0. The van der Waals surface area contributed by atoms with Gasteiger partial charge in [-0.1, -0.05) is 0 Å². The van der Waals surface area contributed by atoms with Gasteiger partial charge in [-0.25, -0.2) is 0 Å². The average molecular weight is 298 g/mol. The number of rotatable bonds is 0. The van der Waals surface area contributed by atoms with Crippen molar-refractivity contribution in [2.24, 2.45) is 0 Å². The fourth-order valence-electron chi connectivity index (χ4n) is 0. The maximum Gasteiger partial charge on any atom is 3.00 e. The van der Waals surface area contributed by atoms with Gasteiger partial charge >= 0.3 is 75.9 Å². The summed E-state index contributed by atoms with van der Waals surface area (Å²) in [4.78, 5) is 0. The predicted octanol–water partition coefficient (Wildman–Crippen LogP) is -15.4. The van der Waals surface area contributed by atoms with E-state index in [0.29, 0.717) is 0 Å². The van der Waals surface area contributed by atoms with Crippen molar-refractivity contribution in [1.82, 2.24) is 0 Å². The average Bonchev–Trinajstić information content (AvgIpc) is 0. The van der Waals surface area contributed by atoms with Crippen LogP contribution in [0.25, 0.3) is 0 Å². The molecule has 0 aliphatic carbocycles. The van der Waals surface area contributed by atoms with E-state index in [9.17, 15) is 0 Å². The summed E-state index contributed by atoms with van der Waals surface area (Å²) in [5.74, 6) is 0. The summed E-state index contributed by atoms with van der Waals surface area (Å²) in [6.07, 6.45) is 0. The minimum atomic E-state index is 0. The molecule has 7 heavy (non-hydrogen) atoms. The third kappa shape index (κ3) is 65.7. The van der Waals surface area contributed by atoms with E-state index in [4.69, 9.17) is 0 Å². The van der Waals surface area contributed by atoms with Gasteiger partial charge < -0.3 is 23.5 Å². The smallest absolute Gasteiger partial charge is 1.00 e. The van der Waals surface area contributed by atoms with Crippen LogP contribution in [0.2, 0.25) is 0 Å². The zero-order valence-corrected chi connectivity index (χ0v) is 7.15. The van der Waals surface area contributed by atoms with Crippen molar-refractivity contribution in [3.63, 3.8) is 0 Å². The van der Waals surface area contributed by atoms with Crippen LogP contribution in [0.5, 0.6) is 0 Å². The van der Waals surface area contributed by atoms with E-state index in [1.54, 1.807) is 0 Å². The zero-order valence-electron chi connectivity index (χ0n) is 2.91. The van der Waals surface area contributed by atoms with E-state index in [2.05, 4.69) is 0 Å². The third-order valence-corrected chi connectivity index (χ3v) is 0. The van der Waals surface area contributed by atoms with Crippen LogP contribution < -0.4 is 23.5 Å². The molecule has 0 amide bonds. The van der Waals surface area contributed by atoms with Crippen molar-refractivity contribution in [1.29, 1.82) is 0 Å². The van der Waals surface area contributed by atoms with Crippen LogP contribution in [0.1, 0.15) is 0 Å². The van der Waals surface area contributed by atoms with Gasteiger partial charge in [0.1, 0.15) is 0 Å². The molecule has 0 atom stereocenters. The van der Waals surface area contributed by atoms with Gasteiger partial charge in [-0.3, -0.25) is 0 Å². The molecule has 0 bridgehead atoms. The van der Waals surface area contributed by atoms with Crippen LogP contribution in [-0.2, 0) is 0 Å². The van der Waals surface area contributed by atoms with Gasteiger partial charge in [-0.15, -0.1) is 0 Å². The standard InChI is InChI=1S/Ca.Dy.5FH/h;;5*1H/q+2;+3;;;;;/p-5. The molecule has 0 saturated carbocycles. The maximum absolute atomic E-state index is 0. The van der Waals surface area contributed by atoms with Crippen molar-refractivity contribution in [2.45, 2.75) is 0 Å². The van der Waals surface area contributed by atoms with Crippen molar-refractivity contribution in [3.8, 4) is 0 Å². The molecule has 0 aliphatic heterocycles. The number of halogens is 5. The Morgan fingerprint density at radius 1 is 0.429 bits per heavy atom. The first-order valence-electron chi connectivity index (χ1n) is 0. The molecule has 0 fully saturated rings. The zero-order chi connectivity index (χ0) is 0. The topological polar surface area (TPSA) is 0 Å². The Kier molecular flexibility index (Phi) is 1630. The van der Waals surface area contributed by atoms with Crippen molar-refractivity contribution < 1.29 is 61.7 Å². The van der Waals surface area contributed by atoms with E-state index in [0.717, 1.165) is 0 Å². The molecule has 0 nitrogen and oxygen atoms in total. The Bertz CT molecular complexity index is 8.04. The summed E-state index contributed by atoms with van der Waals surface area (Å²) < 4.78 is 0. The molecular weight excluding hydrogens is 298 g/mol. The molecule has 0 aromatic carbocycles. The summed E-state index contributed by atoms with van der Waals surface area (Å²) in [6, 6.07) is 0. The first-order chi connectivity index (χ1) is 0. The Morgan fingerprint density at radius 2 is 0.429 bits per heavy atom. The Labute approximate surface area is 97.7 Å². The number of hydrogen-bond acceptors (Lipinski definition) is 0. The maximum atomic E-state index is 0. The van der Waals surface area contributed by atoms with Gasteiger partial charge in [-0.2, -0.15) is 0 Å². The van der Waals surface area contributed by atoms with Crippen molar-refractivity contribution in [2.75, 3.05) is 0 Å². The molecule has 0 rings (SSSR count). The SMILES string of the molecule is [Ca+2].[Dy+3].[F-].[F-].[F-].[F-].[F-]. The Hall–Kier alpha value is 2.18. The van der Waals surface area contributed by atoms with Gasteiger partial charge in [0.25, 0.3) is 0 Å². The molecule has 0 aromatic heterocycles. The van der Waals surface area contributed by atoms with Gasteiger partial charge in [-0.05, 0) is 0 Å². The fourth-order valence-corrected chi connectivity index (χ4v) is 0. The Morgan fingerprint density at radius 3 is 0.429 bits per heavy atom. The minimum absolute atomic E-state index is 0. The predicted molar refractivity (Wildman–Crippen MR) is 5.75 cm³/mol. The molecule has 0 spiro atoms. The second kappa shape index (κ2) is 88.6. The van der Waals surface area contributed by atoms with E-state index in [1.807, 2.05) is 0 Å². The fraction of sp³-hybridized carbons (Fsp3) is 0. The van der Waals surface area contributed by atoms with Crippen LogP contribution in [-0.4, -0.2) is 37.7 Å². The molecule has 0 heterocycles.